The summed E-state index contributed by atoms with van der Waals surface area (Å²) in [6.07, 6.45) is 0. The van der Waals surface area contributed by atoms with Crippen LogP contribution in [0.1, 0.15) is 6.92 Å². The van der Waals surface area contributed by atoms with Crippen LogP contribution in [0.2, 0.25) is 5.02 Å². The number of hydrogen-bond donors (Lipinski definition) is 1. The second-order valence-corrected chi connectivity index (χ2v) is 4.54. The van der Waals surface area contributed by atoms with Crippen LogP contribution in [0, 0.1) is 0 Å². The summed E-state index contributed by atoms with van der Waals surface area (Å²) < 4.78 is 11.2. The summed E-state index contributed by atoms with van der Waals surface area (Å²) in [6.45, 7) is 3.79. The fourth-order valence-electron chi connectivity index (χ4n) is 1.80. The molecule has 0 spiro atoms. The molecule has 0 aromatic heterocycles. The van der Waals surface area contributed by atoms with Gasteiger partial charge in [-0.1, -0.05) is 35.9 Å². The quantitative estimate of drug-likeness (QED) is 0.774. The molecule has 106 valence electrons. The highest BCUT2D eigenvalue weighted by Crippen LogP contribution is 2.26. The van der Waals surface area contributed by atoms with Gasteiger partial charge in [0, 0.05) is 6.54 Å². The van der Waals surface area contributed by atoms with Crippen LogP contribution in [-0.4, -0.2) is 19.8 Å². The third-order valence-corrected chi connectivity index (χ3v) is 3.03. The van der Waals surface area contributed by atoms with Crippen LogP contribution in [0.15, 0.2) is 48.5 Å². The molecular formula is C16H18ClNO2. The normalized spacial score (nSPS) is 10.1. The minimum Gasteiger partial charge on any atom is -0.490 e. The van der Waals surface area contributed by atoms with Gasteiger partial charge in [0.15, 0.2) is 11.5 Å². The Labute approximate surface area is 124 Å². The molecule has 2 aromatic carbocycles. The predicted octanol–water partition coefficient (Wildman–Crippen LogP) is 4.23. The van der Waals surface area contributed by atoms with E-state index in [2.05, 4.69) is 5.32 Å². The largest absolute Gasteiger partial charge is 0.490 e. The molecule has 0 aliphatic carbocycles. The molecule has 0 saturated heterocycles. The summed E-state index contributed by atoms with van der Waals surface area (Å²) in [4.78, 5) is 0. The Morgan fingerprint density at radius 3 is 2.30 bits per heavy atom. The molecule has 0 aliphatic heterocycles. The third-order valence-electron chi connectivity index (χ3n) is 2.70. The van der Waals surface area contributed by atoms with E-state index in [1.165, 1.54) is 0 Å². The van der Waals surface area contributed by atoms with Crippen molar-refractivity contribution in [2.45, 2.75) is 6.92 Å². The molecule has 0 unspecified atom stereocenters. The van der Waals surface area contributed by atoms with Crippen molar-refractivity contribution >= 4 is 17.3 Å². The lowest BCUT2D eigenvalue weighted by molar-refractivity contribution is 0.284. The first kappa shape index (κ1) is 14.5. The minimum absolute atomic E-state index is 0.537. The SMILES string of the molecule is CCOc1ccccc1OCCNc1ccccc1Cl. The number of ether oxygens (including phenoxy) is 2. The van der Waals surface area contributed by atoms with Crippen LogP contribution < -0.4 is 14.8 Å². The van der Waals surface area contributed by atoms with Crippen molar-refractivity contribution in [3.63, 3.8) is 0 Å². The maximum Gasteiger partial charge on any atom is 0.161 e. The molecule has 2 aromatic rings. The Kier molecular flexibility index (Phi) is 5.56. The number of benzene rings is 2. The van der Waals surface area contributed by atoms with Gasteiger partial charge in [0.2, 0.25) is 0 Å². The highest BCUT2D eigenvalue weighted by molar-refractivity contribution is 6.33. The molecule has 0 atom stereocenters. The van der Waals surface area contributed by atoms with Gasteiger partial charge < -0.3 is 14.8 Å². The smallest absolute Gasteiger partial charge is 0.161 e. The second-order valence-electron chi connectivity index (χ2n) is 4.13. The van der Waals surface area contributed by atoms with Gasteiger partial charge in [-0.3, -0.25) is 0 Å². The summed E-state index contributed by atoms with van der Waals surface area (Å²) in [5, 5.41) is 3.95. The van der Waals surface area contributed by atoms with Gasteiger partial charge in [0.1, 0.15) is 6.61 Å². The first-order valence-electron chi connectivity index (χ1n) is 6.64. The predicted molar refractivity (Wildman–Crippen MR) is 83.0 cm³/mol. The monoisotopic (exact) mass is 291 g/mol. The van der Waals surface area contributed by atoms with Crippen LogP contribution >= 0.6 is 11.6 Å². The lowest BCUT2D eigenvalue weighted by atomic mass is 10.3. The standard InChI is InChI=1S/C16H18ClNO2/c1-2-19-15-9-5-6-10-16(15)20-12-11-18-14-8-4-3-7-13(14)17/h3-10,18H,2,11-12H2,1H3. The van der Waals surface area contributed by atoms with Crippen molar-refractivity contribution in [3.8, 4) is 11.5 Å². The fourth-order valence-corrected chi connectivity index (χ4v) is 2.00. The minimum atomic E-state index is 0.537. The molecule has 4 heteroatoms. The van der Waals surface area contributed by atoms with E-state index in [-0.39, 0.29) is 0 Å². The molecule has 0 saturated carbocycles. The number of anilines is 1. The Bertz CT molecular complexity index is 546. The highest BCUT2D eigenvalue weighted by atomic mass is 35.5. The van der Waals surface area contributed by atoms with Crippen LogP contribution in [0.25, 0.3) is 0 Å². The molecule has 2 rings (SSSR count). The molecule has 0 aliphatic rings. The first-order valence-corrected chi connectivity index (χ1v) is 7.02. The molecule has 3 nitrogen and oxygen atoms in total. The van der Waals surface area contributed by atoms with Crippen LogP contribution in [-0.2, 0) is 0 Å². The summed E-state index contributed by atoms with van der Waals surface area (Å²) in [7, 11) is 0. The van der Waals surface area contributed by atoms with E-state index in [0.29, 0.717) is 24.8 Å². The maximum absolute atomic E-state index is 6.06. The van der Waals surface area contributed by atoms with Crippen molar-refractivity contribution in [2.75, 3.05) is 25.1 Å². The fraction of sp³-hybridized carbons (Fsp3) is 0.250. The van der Waals surface area contributed by atoms with Crippen molar-refractivity contribution < 1.29 is 9.47 Å². The van der Waals surface area contributed by atoms with E-state index in [1.807, 2.05) is 55.5 Å². The number of hydrogen-bond acceptors (Lipinski definition) is 3. The van der Waals surface area contributed by atoms with E-state index in [1.54, 1.807) is 0 Å². The van der Waals surface area contributed by atoms with Crippen molar-refractivity contribution in [1.29, 1.82) is 0 Å². The van der Waals surface area contributed by atoms with E-state index in [0.717, 1.165) is 17.2 Å². The van der Waals surface area contributed by atoms with Crippen molar-refractivity contribution in [3.05, 3.63) is 53.6 Å². The number of nitrogens with one attached hydrogen (secondary N) is 1. The van der Waals surface area contributed by atoms with Crippen LogP contribution in [0.5, 0.6) is 11.5 Å². The van der Waals surface area contributed by atoms with Crippen LogP contribution in [0.4, 0.5) is 5.69 Å². The van der Waals surface area contributed by atoms with E-state index < -0.39 is 0 Å². The van der Waals surface area contributed by atoms with Crippen molar-refractivity contribution in [2.24, 2.45) is 0 Å². The van der Waals surface area contributed by atoms with E-state index >= 15 is 0 Å². The summed E-state index contributed by atoms with van der Waals surface area (Å²) >= 11 is 6.06. The number of para-hydroxylation sites is 3. The Morgan fingerprint density at radius 1 is 0.950 bits per heavy atom. The zero-order valence-corrected chi connectivity index (χ0v) is 12.2. The van der Waals surface area contributed by atoms with Gasteiger partial charge in [-0.05, 0) is 31.2 Å². The molecule has 20 heavy (non-hydrogen) atoms. The van der Waals surface area contributed by atoms with Gasteiger partial charge in [0.05, 0.1) is 17.3 Å². The van der Waals surface area contributed by atoms with Gasteiger partial charge in [0.25, 0.3) is 0 Å². The zero-order valence-electron chi connectivity index (χ0n) is 11.4. The lowest BCUT2D eigenvalue weighted by Crippen LogP contribution is -2.12. The average Bonchev–Trinajstić information content (AvgIpc) is 2.47. The second kappa shape index (κ2) is 7.65. The molecule has 0 heterocycles. The first-order chi connectivity index (χ1) is 9.81. The molecule has 1 N–H and O–H groups in total. The summed E-state index contributed by atoms with van der Waals surface area (Å²) in [6, 6.07) is 15.3. The molecule has 0 radical (unpaired) electrons. The summed E-state index contributed by atoms with van der Waals surface area (Å²) in [5.41, 5.74) is 0.913. The zero-order chi connectivity index (χ0) is 14.2. The highest BCUT2D eigenvalue weighted by Gasteiger charge is 2.03. The molecule has 0 amide bonds. The molecule has 0 bridgehead atoms. The number of halogens is 1. The van der Waals surface area contributed by atoms with Gasteiger partial charge in [-0.2, -0.15) is 0 Å². The molecule has 0 fully saturated rings. The average molecular weight is 292 g/mol. The molecular weight excluding hydrogens is 274 g/mol. The third kappa shape index (κ3) is 4.07. The Morgan fingerprint density at radius 2 is 1.60 bits per heavy atom. The summed E-state index contributed by atoms with van der Waals surface area (Å²) in [5.74, 6) is 1.53. The van der Waals surface area contributed by atoms with E-state index in [4.69, 9.17) is 21.1 Å². The van der Waals surface area contributed by atoms with Crippen LogP contribution in [0.3, 0.4) is 0 Å². The topological polar surface area (TPSA) is 30.5 Å². The maximum atomic E-state index is 6.06. The van der Waals surface area contributed by atoms with E-state index in [9.17, 15) is 0 Å². The van der Waals surface area contributed by atoms with Crippen molar-refractivity contribution in [1.82, 2.24) is 0 Å². The van der Waals surface area contributed by atoms with Gasteiger partial charge in [-0.15, -0.1) is 0 Å². The lowest BCUT2D eigenvalue weighted by Gasteiger charge is -2.12. The van der Waals surface area contributed by atoms with Gasteiger partial charge in [-0.25, -0.2) is 0 Å². The number of rotatable bonds is 7. The Hall–Kier alpha value is -1.87. The van der Waals surface area contributed by atoms with Gasteiger partial charge >= 0.3 is 0 Å². The Balaban J connectivity index is 1.83.